The van der Waals surface area contributed by atoms with Crippen molar-refractivity contribution in [2.45, 2.75) is 0 Å². The number of benzene rings is 3. The van der Waals surface area contributed by atoms with Crippen LogP contribution in [0.15, 0.2) is 72.8 Å². The van der Waals surface area contributed by atoms with E-state index in [1.54, 1.807) is 14.2 Å². The Morgan fingerprint density at radius 3 is 2.32 bits per heavy atom. The molecule has 0 spiro atoms. The Hall–Kier alpha value is -3.86. The molecule has 0 unspecified atom stereocenters. The van der Waals surface area contributed by atoms with Crippen molar-refractivity contribution in [1.82, 2.24) is 9.55 Å². The minimum Gasteiger partial charge on any atom is -0.497 e. The van der Waals surface area contributed by atoms with Crippen LogP contribution in [0, 0.1) is 0 Å². The van der Waals surface area contributed by atoms with Crippen molar-refractivity contribution in [1.29, 1.82) is 0 Å². The second-order valence-electron chi connectivity index (χ2n) is 7.58. The highest BCUT2D eigenvalue weighted by Gasteiger charge is 2.26. The van der Waals surface area contributed by atoms with E-state index in [0.717, 1.165) is 45.0 Å². The molecule has 0 aliphatic rings. The fourth-order valence-corrected chi connectivity index (χ4v) is 4.34. The van der Waals surface area contributed by atoms with Crippen LogP contribution >= 0.6 is 0 Å². The van der Waals surface area contributed by atoms with E-state index in [9.17, 15) is 0 Å². The molecule has 5 heteroatoms. The Balaban J connectivity index is 1.91. The predicted molar refractivity (Wildman–Crippen MR) is 123 cm³/mol. The molecule has 0 aliphatic carbocycles. The lowest BCUT2D eigenvalue weighted by atomic mass is 10.0. The lowest BCUT2D eigenvalue weighted by Gasteiger charge is -2.13. The molecule has 2 heterocycles. The van der Waals surface area contributed by atoms with Crippen molar-refractivity contribution in [2.75, 3.05) is 14.2 Å². The molecule has 0 saturated heterocycles. The molecule has 0 aliphatic heterocycles. The topological polar surface area (TPSA) is 40.2 Å². The fourth-order valence-electron chi connectivity index (χ4n) is 4.34. The lowest BCUT2D eigenvalue weighted by Crippen LogP contribution is -2.30. The molecule has 0 atom stereocenters. The van der Waals surface area contributed by atoms with E-state index in [4.69, 9.17) is 14.5 Å². The van der Waals surface area contributed by atoms with E-state index in [-0.39, 0.29) is 0 Å². The number of ether oxygens (including phenoxy) is 2. The molecule has 5 aromatic rings. The molecule has 5 rings (SSSR count). The molecule has 31 heavy (non-hydrogen) atoms. The third kappa shape index (κ3) is 3.01. The first-order valence-electron chi connectivity index (χ1n) is 10.2. The third-order valence-corrected chi connectivity index (χ3v) is 5.85. The number of aromatic nitrogens is 3. The Kier molecular flexibility index (Phi) is 4.59. The highest BCUT2D eigenvalue weighted by molar-refractivity contribution is 5.95. The molecule has 154 valence electrons. The van der Waals surface area contributed by atoms with Gasteiger partial charge in [0.25, 0.3) is 5.82 Å². The Labute approximate surface area is 181 Å². The quantitative estimate of drug-likeness (QED) is 0.396. The summed E-state index contributed by atoms with van der Waals surface area (Å²) in [6.45, 7) is 0. The molecule has 5 nitrogen and oxygen atoms in total. The summed E-state index contributed by atoms with van der Waals surface area (Å²) in [6.07, 6.45) is 0. The van der Waals surface area contributed by atoms with Gasteiger partial charge in [0.2, 0.25) is 0 Å². The summed E-state index contributed by atoms with van der Waals surface area (Å²) >= 11 is 0. The number of nitrogens with zero attached hydrogens (tertiary/aromatic N) is 3. The SMILES string of the molecule is COc1cc(OC)c2cc(-c3n(C)c4ccccc4[n+]3C)c(-c3ccccc3)nc2c1. The highest BCUT2D eigenvalue weighted by atomic mass is 16.5. The van der Waals surface area contributed by atoms with E-state index in [2.05, 4.69) is 65.7 Å². The molecule has 0 radical (unpaired) electrons. The van der Waals surface area contributed by atoms with Gasteiger partial charge in [-0.3, -0.25) is 0 Å². The van der Waals surface area contributed by atoms with Crippen LogP contribution in [0.5, 0.6) is 11.5 Å². The van der Waals surface area contributed by atoms with Crippen LogP contribution in [-0.4, -0.2) is 23.8 Å². The van der Waals surface area contributed by atoms with Gasteiger partial charge in [0.1, 0.15) is 11.5 Å². The summed E-state index contributed by atoms with van der Waals surface area (Å²) in [5.41, 5.74) is 6.20. The number of fused-ring (bicyclic) bond motifs is 2. The molecule has 0 N–H and O–H groups in total. The average Bonchev–Trinajstić information content (AvgIpc) is 3.08. The van der Waals surface area contributed by atoms with Crippen molar-refractivity contribution in [3.8, 4) is 34.1 Å². The lowest BCUT2D eigenvalue weighted by molar-refractivity contribution is -0.634. The fraction of sp³-hybridized carbons (Fsp3) is 0.154. The van der Waals surface area contributed by atoms with Crippen LogP contribution < -0.4 is 14.0 Å². The van der Waals surface area contributed by atoms with Gasteiger partial charge >= 0.3 is 0 Å². The van der Waals surface area contributed by atoms with Gasteiger partial charge in [-0.05, 0) is 18.2 Å². The van der Waals surface area contributed by atoms with Crippen molar-refractivity contribution in [3.05, 3.63) is 72.8 Å². The molecule has 2 aromatic heterocycles. The number of methoxy groups -OCH3 is 2. The predicted octanol–water partition coefficient (Wildman–Crippen LogP) is 4.90. The maximum Gasteiger partial charge on any atom is 0.291 e. The molecule has 0 amide bonds. The van der Waals surface area contributed by atoms with Gasteiger partial charge < -0.3 is 9.47 Å². The van der Waals surface area contributed by atoms with Crippen LogP contribution in [0.1, 0.15) is 0 Å². The minimum atomic E-state index is 0.721. The van der Waals surface area contributed by atoms with Gasteiger partial charge in [0.05, 0.1) is 45.1 Å². The molecule has 0 saturated carbocycles. The van der Waals surface area contributed by atoms with E-state index in [1.807, 2.05) is 30.3 Å². The number of pyridine rings is 1. The first-order valence-corrected chi connectivity index (χ1v) is 10.2. The Bertz CT molecular complexity index is 1380. The van der Waals surface area contributed by atoms with Crippen LogP contribution in [0.25, 0.3) is 44.6 Å². The summed E-state index contributed by atoms with van der Waals surface area (Å²) in [5, 5.41) is 0.947. The zero-order chi connectivity index (χ0) is 21.5. The zero-order valence-corrected chi connectivity index (χ0v) is 18.1. The van der Waals surface area contributed by atoms with Gasteiger partial charge in [-0.25, -0.2) is 14.1 Å². The average molecular weight is 410 g/mol. The van der Waals surface area contributed by atoms with Crippen LogP contribution in [0.3, 0.4) is 0 Å². The normalized spacial score (nSPS) is 11.2. The van der Waals surface area contributed by atoms with E-state index < -0.39 is 0 Å². The number of aryl methyl sites for hydroxylation is 2. The zero-order valence-electron chi connectivity index (χ0n) is 18.1. The maximum absolute atomic E-state index is 5.69. The molecule has 3 aromatic carbocycles. The summed E-state index contributed by atoms with van der Waals surface area (Å²) in [6, 6.07) is 24.7. The monoisotopic (exact) mass is 410 g/mol. The van der Waals surface area contributed by atoms with Crippen molar-refractivity contribution >= 4 is 21.9 Å². The van der Waals surface area contributed by atoms with E-state index >= 15 is 0 Å². The summed E-state index contributed by atoms with van der Waals surface area (Å²) in [7, 11) is 7.53. The number of rotatable bonds is 4. The van der Waals surface area contributed by atoms with Gasteiger partial charge in [-0.2, -0.15) is 0 Å². The summed E-state index contributed by atoms with van der Waals surface area (Å²) < 4.78 is 15.6. The minimum absolute atomic E-state index is 0.721. The van der Waals surface area contributed by atoms with Crippen LogP contribution in [0.4, 0.5) is 0 Å². The van der Waals surface area contributed by atoms with Crippen molar-refractivity contribution in [3.63, 3.8) is 0 Å². The highest BCUT2D eigenvalue weighted by Crippen LogP contribution is 2.38. The Morgan fingerprint density at radius 2 is 1.61 bits per heavy atom. The molecular weight excluding hydrogens is 386 g/mol. The van der Waals surface area contributed by atoms with Crippen LogP contribution in [0.2, 0.25) is 0 Å². The molecule has 0 bridgehead atoms. The largest absolute Gasteiger partial charge is 0.497 e. The number of hydrogen-bond acceptors (Lipinski definition) is 3. The number of para-hydroxylation sites is 2. The first-order chi connectivity index (χ1) is 15.1. The van der Waals surface area contributed by atoms with E-state index in [1.165, 1.54) is 11.0 Å². The second kappa shape index (κ2) is 7.43. The van der Waals surface area contributed by atoms with Crippen LogP contribution in [-0.2, 0) is 14.1 Å². The maximum atomic E-state index is 5.69. The van der Waals surface area contributed by atoms with Gasteiger partial charge in [0.15, 0.2) is 11.0 Å². The number of hydrogen-bond donors (Lipinski definition) is 0. The first kappa shape index (κ1) is 19.1. The number of imidazole rings is 1. The van der Waals surface area contributed by atoms with Gasteiger partial charge in [-0.1, -0.05) is 42.5 Å². The van der Waals surface area contributed by atoms with E-state index in [0.29, 0.717) is 0 Å². The second-order valence-corrected chi connectivity index (χ2v) is 7.58. The third-order valence-electron chi connectivity index (χ3n) is 5.85. The summed E-state index contributed by atoms with van der Waals surface area (Å²) in [4.78, 5) is 5.10. The molecule has 0 fully saturated rings. The van der Waals surface area contributed by atoms with Gasteiger partial charge in [-0.15, -0.1) is 0 Å². The van der Waals surface area contributed by atoms with Crippen molar-refractivity contribution < 1.29 is 14.0 Å². The Morgan fingerprint density at radius 1 is 0.871 bits per heavy atom. The van der Waals surface area contributed by atoms with Crippen molar-refractivity contribution in [2.24, 2.45) is 14.1 Å². The molecular formula is C26H24N3O2+. The summed E-state index contributed by atoms with van der Waals surface area (Å²) in [5.74, 6) is 2.54. The van der Waals surface area contributed by atoms with Gasteiger partial charge in [0, 0.05) is 23.1 Å². The standard InChI is InChI=1S/C26H24N3O2/c1-28-22-12-8-9-13-23(22)29(2)26(28)20-16-19-21(14-18(30-3)15-24(19)31-4)27-25(20)17-10-6-5-7-11-17/h5-16H,1-4H3/q+1. The smallest absolute Gasteiger partial charge is 0.291 e.